The molecule has 0 radical (unpaired) electrons. The number of rotatable bonds is 7. The lowest BCUT2D eigenvalue weighted by atomic mass is 9.84. The molecule has 0 aliphatic heterocycles. The zero-order valence-corrected chi connectivity index (χ0v) is 13.2. The zero-order valence-electron chi connectivity index (χ0n) is 13.2. The smallest absolute Gasteiger partial charge is 0.0192 e. The van der Waals surface area contributed by atoms with Gasteiger partial charge in [-0.25, -0.2) is 0 Å². The molecule has 1 N–H and O–H groups in total. The third kappa shape index (κ3) is 4.89. The van der Waals surface area contributed by atoms with Gasteiger partial charge in [-0.1, -0.05) is 33.1 Å². The maximum atomic E-state index is 3.68. The molecule has 108 valence electrons. The molecule has 0 aromatic rings. The largest absolute Gasteiger partial charge is 0.313 e. The summed E-state index contributed by atoms with van der Waals surface area (Å²) >= 11 is 0. The summed E-state index contributed by atoms with van der Waals surface area (Å²) in [5.41, 5.74) is 0. The van der Waals surface area contributed by atoms with Crippen LogP contribution in [0.25, 0.3) is 0 Å². The Balaban J connectivity index is 2.33. The van der Waals surface area contributed by atoms with Gasteiger partial charge in [-0.15, -0.1) is 0 Å². The number of hydrogen-bond acceptors (Lipinski definition) is 2. The minimum absolute atomic E-state index is 0.648. The molecular formula is C16H34N2. The topological polar surface area (TPSA) is 15.3 Å². The van der Waals surface area contributed by atoms with Crippen LogP contribution in [0.3, 0.4) is 0 Å². The summed E-state index contributed by atoms with van der Waals surface area (Å²) in [6, 6.07) is 2.11. The first-order valence-electron chi connectivity index (χ1n) is 8.01. The van der Waals surface area contributed by atoms with Gasteiger partial charge in [0.1, 0.15) is 0 Å². The second-order valence-electron chi connectivity index (χ2n) is 6.44. The van der Waals surface area contributed by atoms with E-state index in [9.17, 15) is 0 Å². The summed E-state index contributed by atoms with van der Waals surface area (Å²) in [6.07, 6.45) is 8.24. The van der Waals surface area contributed by atoms with Gasteiger partial charge in [-0.3, -0.25) is 4.90 Å². The van der Waals surface area contributed by atoms with Crippen LogP contribution < -0.4 is 5.32 Å². The molecule has 0 bridgehead atoms. The van der Waals surface area contributed by atoms with E-state index in [1.807, 2.05) is 0 Å². The molecule has 1 rings (SSSR count). The lowest BCUT2D eigenvalue weighted by Crippen LogP contribution is -2.48. The van der Waals surface area contributed by atoms with Crippen molar-refractivity contribution in [2.45, 2.75) is 84.3 Å². The van der Waals surface area contributed by atoms with Crippen LogP contribution in [0, 0.1) is 5.92 Å². The van der Waals surface area contributed by atoms with E-state index in [0.717, 1.165) is 18.5 Å². The highest BCUT2D eigenvalue weighted by Gasteiger charge is 2.27. The Labute approximate surface area is 115 Å². The molecular weight excluding hydrogens is 220 g/mol. The average molecular weight is 254 g/mol. The van der Waals surface area contributed by atoms with Gasteiger partial charge >= 0.3 is 0 Å². The highest BCUT2D eigenvalue weighted by molar-refractivity contribution is 4.83. The molecule has 1 aliphatic rings. The van der Waals surface area contributed by atoms with Crippen LogP contribution in [0.4, 0.5) is 0 Å². The predicted molar refractivity (Wildman–Crippen MR) is 81.0 cm³/mol. The summed E-state index contributed by atoms with van der Waals surface area (Å²) in [4.78, 5) is 2.62. The Morgan fingerprint density at radius 2 is 1.89 bits per heavy atom. The van der Waals surface area contributed by atoms with Gasteiger partial charge in [-0.05, 0) is 46.1 Å². The summed E-state index contributed by atoms with van der Waals surface area (Å²) in [6.45, 7) is 10.5. The van der Waals surface area contributed by atoms with Crippen LogP contribution in [0.1, 0.15) is 66.2 Å². The summed E-state index contributed by atoms with van der Waals surface area (Å²) < 4.78 is 0. The van der Waals surface area contributed by atoms with Crippen molar-refractivity contribution in [2.75, 3.05) is 13.6 Å². The highest BCUT2D eigenvalue weighted by Crippen LogP contribution is 2.28. The fraction of sp³-hybridized carbons (Fsp3) is 1.00. The standard InChI is InChI=1S/C16H34N2/c1-6-9-14(3)17-12-15(4)18(5)16-11-8-7-10-13(16)2/h13-17H,6-12H2,1-5H3. The molecule has 2 nitrogen and oxygen atoms in total. The quantitative estimate of drug-likeness (QED) is 0.746. The van der Waals surface area contributed by atoms with E-state index in [4.69, 9.17) is 0 Å². The van der Waals surface area contributed by atoms with E-state index < -0.39 is 0 Å². The molecule has 18 heavy (non-hydrogen) atoms. The average Bonchev–Trinajstić information content (AvgIpc) is 2.36. The number of nitrogens with zero attached hydrogens (tertiary/aromatic N) is 1. The van der Waals surface area contributed by atoms with E-state index >= 15 is 0 Å². The minimum atomic E-state index is 0.648. The number of nitrogens with one attached hydrogen (secondary N) is 1. The van der Waals surface area contributed by atoms with Gasteiger partial charge in [0.2, 0.25) is 0 Å². The van der Waals surface area contributed by atoms with Crippen molar-refractivity contribution >= 4 is 0 Å². The van der Waals surface area contributed by atoms with Crippen molar-refractivity contribution < 1.29 is 0 Å². The lowest BCUT2D eigenvalue weighted by molar-refractivity contribution is 0.101. The molecule has 1 saturated carbocycles. The SMILES string of the molecule is CCCC(C)NCC(C)N(C)C1CCCCC1C. The van der Waals surface area contributed by atoms with Gasteiger partial charge in [0, 0.05) is 24.7 Å². The molecule has 0 aromatic heterocycles. The van der Waals surface area contributed by atoms with Crippen LogP contribution in [-0.4, -0.2) is 36.6 Å². The van der Waals surface area contributed by atoms with Crippen molar-refractivity contribution in [3.8, 4) is 0 Å². The third-order valence-corrected chi connectivity index (χ3v) is 4.77. The van der Waals surface area contributed by atoms with E-state index in [2.05, 4.69) is 45.0 Å². The van der Waals surface area contributed by atoms with Gasteiger partial charge < -0.3 is 5.32 Å². The van der Waals surface area contributed by atoms with E-state index in [1.54, 1.807) is 0 Å². The van der Waals surface area contributed by atoms with Gasteiger partial charge in [0.15, 0.2) is 0 Å². The predicted octanol–water partition coefficient (Wildman–Crippen LogP) is 3.66. The minimum Gasteiger partial charge on any atom is -0.313 e. The van der Waals surface area contributed by atoms with Crippen molar-refractivity contribution in [3.63, 3.8) is 0 Å². The van der Waals surface area contributed by atoms with E-state index in [0.29, 0.717) is 12.1 Å². The van der Waals surface area contributed by atoms with Gasteiger partial charge in [0.05, 0.1) is 0 Å². The molecule has 0 saturated heterocycles. The monoisotopic (exact) mass is 254 g/mol. The Bertz CT molecular complexity index is 217. The van der Waals surface area contributed by atoms with Crippen molar-refractivity contribution in [1.82, 2.24) is 10.2 Å². The van der Waals surface area contributed by atoms with Gasteiger partial charge in [0.25, 0.3) is 0 Å². The van der Waals surface area contributed by atoms with Gasteiger partial charge in [-0.2, -0.15) is 0 Å². The lowest BCUT2D eigenvalue weighted by Gasteiger charge is -2.40. The molecule has 4 atom stereocenters. The number of likely N-dealkylation sites (N-methyl/N-ethyl adjacent to an activating group) is 1. The van der Waals surface area contributed by atoms with Crippen LogP contribution in [0.2, 0.25) is 0 Å². The van der Waals surface area contributed by atoms with E-state index in [1.165, 1.54) is 38.5 Å². The molecule has 1 aliphatic carbocycles. The Morgan fingerprint density at radius 3 is 2.50 bits per heavy atom. The first-order chi connectivity index (χ1) is 8.56. The highest BCUT2D eigenvalue weighted by atomic mass is 15.2. The van der Waals surface area contributed by atoms with Crippen molar-refractivity contribution in [3.05, 3.63) is 0 Å². The van der Waals surface area contributed by atoms with Crippen LogP contribution in [0.5, 0.6) is 0 Å². The second kappa shape index (κ2) is 8.16. The van der Waals surface area contributed by atoms with Crippen LogP contribution in [-0.2, 0) is 0 Å². The molecule has 0 spiro atoms. The first kappa shape index (κ1) is 16.0. The van der Waals surface area contributed by atoms with Crippen LogP contribution >= 0.6 is 0 Å². The molecule has 0 aromatic carbocycles. The van der Waals surface area contributed by atoms with Crippen LogP contribution in [0.15, 0.2) is 0 Å². The molecule has 0 amide bonds. The first-order valence-corrected chi connectivity index (χ1v) is 8.01. The van der Waals surface area contributed by atoms with Crippen molar-refractivity contribution in [1.29, 1.82) is 0 Å². The normalized spacial score (nSPS) is 28.3. The Morgan fingerprint density at radius 1 is 1.22 bits per heavy atom. The Kier molecular flexibility index (Phi) is 7.25. The fourth-order valence-electron chi connectivity index (χ4n) is 3.28. The molecule has 0 heterocycles. The van der Waals surface area contributed by atoms with Crippen molar-refractivity contribution in [2.24, 2.45) is 5.92 Å². The summed E-state index contributed by atoms with van der Waals surface area (Å²) in [7, 11) is 2.32. The third-order valence-electron chi connectivity index (χ3n) is 4.77. The fourth-order valence-corrected chi connectivity index (χ4v) is 3.28. The maximum Gasteiger partial charge on any atom is 0.0192 e. The summed E-state index contributed by atoms with van der Waals surface area (Å²) in [5.74, 6) is 0.874. The number of hydrogen-bond donors (Lipinski definition) is 1. The maximum absolute atomic E-state index is 3.68. The second-order valence-corrected chi connectivity index (χ2v) is 6.44. The zero-order chi connectivity index (χ0) is 13.5. The molecule has 1 fully saturated rings. The van der Waals surface area contributed by atoms with E-state index in [-0.39, 0.29) is 0 Å². The molecule has 2 heteroatoms. The Hall–Kier alpha value is -0.0800. The molecule has 4 unspecified atom stereocenters. The summed E-state index contributed by atoms with van der Waals surface area (Å²) in [5, 5.41) is 3.68.